The lowest BCUT2D eigenvalue weighted by atomic mass is 10.2. The van der Waals surface area contributed by atoms with Gasteiger partial charge in [0.25, 0.3) is 5.91 Å². The maximum Gasteiger partial charge on any atom is 0.323 e. The lowest BCUT2D eigenvalue weighted by Gasteiger charge is -2.10. The van der Waals surface area contributed by atoms with Gasteiger partial charge in [-0.15, -0.1) is 0 Å². The summed E-state index contributed by atoms with van der Waals surface area (Å²) in [5.74, 6) is -0.133. The van der Waals surface area contributed by atoms with E-state index >= 15 is 0 Å². The van der Waals surface area contributed by atoms with E-state index in [-0.39, 0.29) is 18.0 Å². The van der Waals surface area contributed by atoms with Crippen LogP contribution in [0, 0.1) is 0 Å². The zero-order valence-corrected chi connectivity index (χ0v) is 14.5. The number of carbonyl (C=O) groups excluding carboxylic acids is 2. The molecule has 3 amide bonds. The van der Waals surface area contributed by atoms with E-state index in [4.69, 9.17) is 0 Å². The fourth-order valence-electron chi connectivity index (χ4n) is 1.88. The van der Waals surface area contributed by atoms with Crippen LogP contribution >= 0.6 is 15.9 Å². The summed E-state index contributed by atoms with van der Waals surface area (Å²) in [7, 11) is 0. The molecule has 120 valence electrons. The highest BCUT2D eigenvalue weighted by Gasteiger charge is 2.07. The molecule has 2 rings (SSSR count). The fraction of sp³-hybridized carbons (Fsp3) is 0.176. The third-order valence-corrected chi connectivity index (χ3v) is 3.46. The number of halogens is 1. The van der Waals surface area contributed by atoms with Crippen molar-refractivity contribution in [3.05, 3.63) is 58.6 Å². The Balaban J connectivity index is 1.93. The Labute approximate surface area is 143 Å². The van der Waals surface area contributed by atoms with E-state index in [0.717, 1.165) is 4.47 Å². The standard InChI is InChI=1S/C17H18BrN3O2/c1-11(2)19-16(22)12-3-7-14(8-4-12)20-17(23)21-15-9-5-13(18)6-10-15/h3-11H,1-2H3,(H,19,22)(H2,20,21,23). The molecule has 0 unspecified atom stereocenters. The lowest BCUT2D eigenvalue weighted by molar-refractivity contribution is 0.0943. The largest absolute Gasteiger partial charge is 0.350 e. The normalized spacial score (nSPS) is 10.3. The third-order valence-electron chi connectivity index (χ3n) is 2.93. The quantitative estimate of drug-likeness (QED) is 0.747. The molecular weight excluding hydrogens is 358 g/mol. The molecule has 0 heterocycles. The molecule has 5 nitrogen and oxygen atoms in total. The van der Waals surface area contributed by atoms with E-state index in [1.54, 1.807) is 36.4 Å². The highest BCUT2D eigenvalue weighted by Crippen LogP contribution is 2.15. The third kappa shape index (κ3) is 5.41. The summed E-state index contributed by atoms with van der Waals surface area (Å²) in [4.78, 5) is 23.8. The van der Waals surface area contributed by atoms with Gasteiger partial charge in [0, 0.05) is 27.5 Å². The van der Waals surface area contributed by atoms with Crippen LogP contribution in [0.15, 0.2) is 53.0 Å². The van der Waals surface area contributed by atoms with Gasteiger partial charge in [-0.25, -0.2) is 4.79 Å². The summed E-state index contributed by atoms with van der Waals surface area (Å²) in [6.45, 7) is 3.81. The second-order valence-corrected chi connectivity index (χ2v) is 6.21. The number of hydrogen-bond donors (Lipinski definition) is 3. The smallest absolute Gasteiger partial charge is 0.323 e. The molecule has 6 heteroatoms. The molecule has 0 fully saturated rings. The van der Waals surface area contributed by atoms with Crippen LogP contribution in [-0.2, 0) is 0 Å². The van der Waals surface area contributed by atoms with E-state index in [0.29, 0.717) is 16.9 Å². The Morgan fingerprint density at radius 3 is 1.83 bits per heavy atom. The minimum Gasteiger partial charge on any atom is -0.350 e. The van der Waals surface area contributed by atoms with Crippen LogP contribution in [0.2, 0.25) is 0 Å². The van der Waals surface area contributed by atoms with Gasteiger partial charge in [-0.3, -0.25) is 4.79 Å². The predicted octanol–water partition coefficient (Wildman–Crippen LogP) is 4.23. The summed E-state index contributed by atoms with van der Waals surface area (Å²) >= 11 is 3.34. The summed E-state index contributed by atoms with van der Waals surface area (Å²) in [5.41, 5.74) is 1.86. The van der Waals surface area contributed by atoms with Gasteiger partial charge in [0.1, 0.15) is 0 Å². The van der Waals surface area contributed by atoms with Crippen molar-refractivity contribution in [2.24, 2.45) is 0 Å². The van der Waals surface area contributed by atoms with Gasteiger partial charge in [0.15, 0.2) is 0 Å². The first-order valence-corrected chi connectivity index (χ1v) is 7.98. The van der Waals surface area contributed by atoms with Crippen LogP contribution in [0.3, 0.4) is 0 Å². The maximum absolute atomic E-state index is 11.9. The van der Waals surface area contributed by atoms with Gasteiger partial charge in [0.2, 0.25) is 0 Å². The molecule has 0 saturated heterocycles. The molecule has 0 aromatic heterocycles. The van der Waals surface area contributed by atoms with Crippen molar-refractivity contribution in [3.8, 4) is 0 Å². The van der Waals surface area contributed by atoms with Crippen LogP contribution < -0.4 is 16.0 Å². The second-order valence-electron chi connectivity index (χ2n) is 5.29. The Morgan fingerprint density at radius 1 is 0.870 bits per heavy atom. The predicted molar refractivity (Wildman–Crippen MR) is 95.8 cm³/mol. The molecule has 0 aliphatic carbocycles. The molecule has 23 heavy (non-hydrogen) atoms. The molecule has 0 atom stereocenters. The molecule has 0 saturated carbocycles. The number of carbonyl (C=O) groups is 2. The van der Waals surface area contributed by atoms with Crippen LogP contribution in [0.25, 0.3) is 0 Å². The van der Waals surface area contributed by atoms with Crippen molar-refractivity contribution >= 4 is 39.2 Å². The average molecular weight is 376 g/mol. The first-order valence-electron chi connectivity index (χ1n) is 7.18. The number of urea groups is 1. The summed E-state index contributed by atoms with van der Waals surface area (Å²) in [6, 6.07) is 13.7. The number of rotatable bonds is 4. The first-order chi connectivity index (χ1) is 10.9. The summed E-state index contributed by atoms with van der Waals surface area (Å²) in [5, 5.41) is 8.26. The number of anilines is 2. The van der Waals surface area contributed by atoms with Crippen molar-refractivity contribution in [1.29, 1.82) is 0 Å². The fourth-order valence-corrected chi connectivity index (χ4v) is 2.14. The van der Waals surface area contributed by atoms with E-state index in [1.165, 1.54) is 0 Å². The number of nitrogens with one attached hydrogen (secondary N) is 3. The number of benzene rings is 2. The monoisotopic (exact) mass is 375 g/mol. The van der Waals surface area contributed by atoms with Gasteiger partial charge in [-0.1, -0.05) is 15.9 Å². The molecule has 0 spiro atoms. The molecule has 3 N–H and O–H groups in total. The molecule has 0 aliphatic rings. The Morgan fingerprint density at radius 2 is 1.35 bits per heavy atom. The van der Waals surface area contributed by atoms with Crippen LogP contribution in [0.1, 0.15) is 24.2 Å². The van der Waals surface area contributed by atoms with Crippen molar-refractivity contribution in [2.75, 3.05) is 10.6 Å². The van der Waals surface area contributed by atoms with Gasteiger partial charge >= 0.3 is 6.03 Å². The molecule has 2 aromatic carbocycles. The first kappa shape index (κ1) is 17.0. The van der Waals surface area contributed by atoms with Crippen LogP contribution in [0.5, 0.6) is 0 Å². The lowest BCUT2D eigenvalue weighted by Crippen LogP contribution is -2.30. The van der Waals surface area contributed by atoms with Gasteiger partial charge in [0.05, 0.1) is 0 Å². The number of hydrogen-bond acceptors (Lipinski definition) is 2. The van der Waals surface area contributed by atoms with Gasteiger partial charge < -0.3 is 16.0 Å². The summed E-state index contributed by atoms with van der Waals surface area (Å²) in [6.07, 6.45) is 0. The van der Waals surface area contributed by atoms with Gasteiger partial charge in [-0.2, -0.15) is 0 Å². The van der Waals surface area contributed by atoms with E-state index in [9.17, 15) is 9.59 Å². The van der Waals surface area contributed by atoms with Crippen molar-refractivity contribution in [2.45, 2.75) is 19.9 Å². The molecule has 0 aliphatic heterocycles. The Hall–Kier alpha value is -2.34. The Kier molecular flexibility index (Phi) is 5.76. The Bertz CT molecular complexity index is 682. The van der Waals surface area contributed by atoms with Crippen LogP contribution in [-0.4, -0.2) is 18.0 Å². The topological polar surface area (TPSA) is 70.2 Å². The van der Waals surface area contributed by atoms with E-state index < -0.39 is 0 Å². The molecule has 2 aromatic rings. The van der Waals surface area contributed by atoms with Crippen molar-refractivity contribution < 1.29 is 9.59 Å². The van der Waals surface area contributed by atoms with E-state index in [1.807, 2.05) is 26.0 Å². The number of amides is 3. The second kappa shape index (κ2) is 7.78. The highest BCUT2D eigenvalue weighted by molar-refractivity contribution is 9.10. The van der Waals surface area contributed by atoms with E-state index in [2.05, 4.69) is 31.9 Å². The van der Waals surface area contributed by atoms with Crippen molar-refractivity contribution in [3.63, 3.8) is 0 Å². The molecule has 0 radical (unpaired) electrons. The molecular formula is C17H18BrN3O2. The zero-order chi connectivity index (χ0) is 16.8. The zero-order valence-electron chi connectivity index (χ0n) is 12.9. The highest BCUT2D eigenvalue weighted by atomic mass is 79.9. The van der Waals surface area contributed by atoms with Crippen molar-refractivity contribution in [1.82, 2.24) is 5.32 Å². The van der Waals surface area contributed by atoms with Crippen LogP contribution in [0.4, 0.5) is 16.2 Å². The minimum atomic E-state index is -0.341. The maximum atomic E-state index is 11.9. The minimum absolute atomic E-state index is 0.0805. The average Bonchev–Trinajstić information content (AvgIpc) is 2.49. The molecule has 0 bridgehead atoms. The SMILES string of the molecule is CC(C)NC(=O)c1ccc(NC(=O)Nc2ccc(Br)cc2)cc1. The van der Waals surface area contributed by atoms with Gasteiger partial charge in [-0.05, 0) is 62.4 Å². The summed E-state index contributed by atoms with van der Waals surface area (Å²) < 4.78 is 0.943.